The van der Waals surface area contributed by atoms with Crippen LogP contribution in [-0.2, 0) is 9.09 Å². The van der Waals surface area contributed by atoms with Crippen LogP contribution in [0.3, 0.4) is 0 Å². The zero-order valence-electron chi connectivity index (χ0n) is 30.0. The largest absolute Gasteiger partial charge is 0.314 e. The van der Waals surface area contributed by atoms with Crippen LogP contribution in [0.4, 0.5) is 0 Å². The Bertz CT molecular complexity index is 595. The van der Waals surface area contributed by atoms with E-state index in [0.717, 1.165) is 57.8 Å². The molecule has 2 nitrogen and oxygen atoms in total. The van der Waals surface area contributed by atoms with E-state index < -0.39 is 5.77 Å². The van der Waals surface area contributed by atoms with Gasteiger partial charge in [0.15, 0.2) is 0 Å². The van der Waals surface area contributed by atoms with Crippen molar-refractivity contribution in [1.82, 2.24) is 0 Å². The van der Waals surface area contributed by atoms with E-state index in [-0.39, 0.29) is 15.1 Å². The first kappa shape index (κ1) is 41.9. The van der Waals surface area contributed by atoms with Crippen LogP contribution in [0, 0.1) is 17.8 Å². The highest BCUT2D eigenvalue weighted by molar-refractivity contribution is 8.89. The summed E-state index contributed by atoms with van der Waals surface area (Å²) in [5.41, 5.74) is -0.323. The van der Waals surface area contributed by atoms with Crippen molar-refractivity contribution in [1.29, 1.82) is 0 Å². The molecule has 0 aliphatic rings. The lowest BCUT2D eigenvalue weighted by Crippen LogP contribution is -2.40. The van der Waals surface area contributed by atoms with E-state index in [1.807, 2.05) is 22.8 Å². The SMILES string of the molecule is CCCCC(CC)C(CC)(CC)OP(=O)(SC(CC)(CC)C(CC)CCCC)SC(CC)(CC)C(CC)CCCC. The molecule has 0 N–H and O–H groups in total. The molecular formula is C36H75O2PS2. The molecule has 0 aliphatic heterocycles. The van der Waals surface area contributed by atoms with Crippen LogP contribution in [0.5, 0.6) is 0 Å². The lowest BCUT2D eigenvalue weighted by molar-refractivity contribution is 0.00215. The summed E-state index contributed by atoms with van der Waals surface area (Å²) in [6.07, 6.45) is 20.5. The van der Waals surface area contributed by atoms with Gasteiger partial charge < -0.3 is 4.52 Å². The normalized spacial score (nSPS) is 16.9. The van der Waals surface area contributed by atoms with Crippen molar-refractivity contribution in [3.05, 3.63) is 0 Å². The van der Waals surface area contributed by atoms with Gasteiger partial charge in [0.05, 0.1) is 5.60 Å². The van der Waals surface area contributed by atoms with Crippen molar-refractivity contribution < 1.29 is 9.09 Å². The summed E-state index contributed by atoms with van der Waals surface area (Å²) in [6, 6.07) is 0. The topological polar surface area (TPSA) is 26.3 Å². The van der Waals surface area contributed by atoms with Gasteiger partial charge in [0.1, 0.15) is 0 Å². The molecule has 3 atom stereocenters. The minimum atomic E-state index is -3.15. The van der Waals surface area contributed by atoms with Gasteiger partial charge in [-0.3, -0.25) is 4.57 Å². The molecule has 0 aromatic rings. The smallest absolute Gasteiger partial charge is 0.307 e. The average Bonchev–Trinajstić information content (AvgIpc) is 2.99. The van der Waals surface area contributed by atoms with Crippen LogP contribution in [0.1, 0.15) is 199 Å². The fraction of sp³-hybridized carbons (Fsp3) is 1.00. The molecule has 41 heavy (non-hydrogen) atoms. The molecule has 0 saturated heterocycles. The Labute approximate surface area is 268 Å². The summed E-state index contributed by atoms with van der Waals surface area (Å²) in [6.45, 7) is 28.0. The molecule has 0 aliphatic carbocycles. The maximum atomic E-state index is 16.0. The highest BCUT2D eigenvalue weighted by Crippen LogP contribution is 2.81. The van der Waals surface area contributed by atoms with Crippen molar-refractivity contribution in [3.63, 3.8) is 0 Å². The monoisotopic (exact) mass is 634 g/mol. The summed E-state index contributed by atoms with van der Waals surface area (Å²) in [5.74, 6) is -1.56. The summed E-state index contributed by atoms with van der Waals surface area (Å²) >= 11 is 3.68. The second-order valence-corrected chi connectivity index (χ2v) is 20.5. The molecule has 0 bridgehead atoms. The molecule has 5 heteroatoms. The molecule has 0 radical (unpaired) electrons. The van der Waals surface area contributed by atoms with Crippen molar-refractivity contribution in [2.45, 2.75) is 214 Å². The summed E-state index contributed by atoms with van der Waals surface area (Å²) in [7, 11) is 0. The lowest BCUT2D eigenvalue weighted by atomic mass is 9.78. The van der Waals surface area contributed by atoms with Crippen LogP contribution < -0.4 is 0 Å². The number of rotatable bonds is 27. The van der Waals surface area contributed by atoms with E-state index in [4.69, 9.17) is 4.52 Å². The highest BCUT2D eigenvalue weighted by Gasteiger charge is 2.52. The Hall–Kier alpha value is 0.890. The third kappa shape index (κ3) is 11.6. The first-order chi connectivity index (χ1) is 19.5. The Morgan fingerprint density at radius 1 is 0.512 bits per heavy atom. The second kappa shape index (κ2) is 21.6. The van der Waals surface area contributed by atoms with E-state index in [1.54, 1.807) is 0 Å². The van der Waals surface area contributed by atoms with Gasteiger partial charge in [-0.25, -0.2) is 0 Å². The predicted molar refractivity (Wildman–Crippen MR) is 194 cm³/mol. The molecule has 0 aromatic carbocycles. The third-order valence-corrected chi connectivity index (χ3v) is 19.8. The summed E-state index contributed by atoms with van der Waals surface area (Å²) < 4.78 is 23.5. The van der Waals surface area contributed by atoms with Gasteiger partial charge in [-0.05, 0) is 75.5 Å². The average molecular weight is 635 g/mol. The van der Waals surface area contributed by atoms with E-state index in [0.29, 0.717) is 17.8 Å². The minimum absolute atomic E-state index is 0.0108. The van der Waals surface area contributed by atoms with Crippen LogP contribution in [-0.4, -0.2) is 15.1 Å². The standard InChI is InChI=1S/C36H75O2PS2/c1-13-25-28-31(16-4)34(19-7,20-8)38-39(37,40-35(21-9,22-10)32(17-5)29-26-14-2)41-36(23-11,24-12)33(18-6)30-27-15-3/h31-33H,13-30H2,1-12H3. The third-order valence-electron chi connectivity index (χ3n) is 10.9. The molecule has 0 amide bonds. The van der Waals surface area contributed by atoms with Gasteiger partial charge in [-0.15, -0.1) is 0 Å². The van der Waals surface area contributed by atoms with E-state index >= 15 is 4.57 Å². The van der Waals surface area contributed by atoms with Gasteiger partial charge in [0.2, 0.25) is 0 Å². The maximum absolute atomic E-state index is 16.0. The quantitative estimate of drug-likeness (QED) is 0.0840. The first-order valence-electron chi connectivity index (χ1n) is 18.3. The molecule has 0 heterocycles. The molecule has 0 spiro atoms. The van der Waals surface area contributed by atoms with Gasteiger partial charge >= 0.3 is 5.77 Å². The fourth-order valence-electron chi connectivity index (χ4n) is 7.69. The van der Waals surface area contributed by atoms with Crippen LogP contribution in [0.15, 0.2) is 0 Å². The maximum Gasteiger partial charge on any atom is 0.314 e. The Morgan fingerprint density at radius 2 is 0.829 bits per heavy atom. The summed E-state index contributed by atoms with van der Waals surface area (Å²) in [5, 5.41) is 0. The lowest BCUT2D eigenvalue weighted by Gasteiger charge is -2.48. The van der Waals surface area contributed by atoms with Crippen LogP contribution in [0.2, 0.25) is 0 Å². The minimum Gasteiger partial charge on any atom is -0.307 e. The van der Waals surface area contributed by atoms with Crippen molar-refractivity contribution >= 4 is 28.5 Å². The van der Waals surface area contributed by atoms with Gasteiger partial charge in [-0.1, -0.05) is 164 Å². The van der Waals surface area contributed by atoms with E-state index in [1.165, 1.54) is 57.8 Å². The van der Waals surface area contributed by atoms with Crippen LogP contribution in [0.25, 0.3) is 0 Å². The molecule has 248 valence electrons. The van der Waals surface area contributed by atoms with Crippen molar-refractivity contribution in [2.75, 3.05) is 0 Å². The molecule has 0 rings (SSSR count). The molecule has 0 saturated carbocycles. The number of hydrogen-bond acceptors (Lipinski definition) is 4. The Balaban J connectivity index is 7.16. The zero-order valence-corrected chi connectivity index (χ0v) is 32.6. The number of hydrogen-bond donors (Lipinski definition) is 0. The first-order valence-corrected chi connectivity index (χ1v) is 22.7. The van der Waals surface area contributed by atoms with Gasteiger partial charge in [-0.2, -0.15) is 0 Å². The van der Waals surface area contributed by atoms with Crippen molar-refractivity contribution in [2.24, 2.45) is 17.8 Å². The Kier molecular flexibility index (Phi) is 22.1. The zero-order chi connectivity index (χ0) is 31.6. The highest BCUT2D eigenvalue weighted by atomic mass is 33.1. The predicted octanol–water partition coefficient (Wildman–Crippen LogP) is 14.9. The van der Waals surface area contributed by atoms with Crippen molar-refractivity contribution in [3.8, 4) is 0 Å². The molecule has 0 fully saturated rings. The van der Waals surface area contributed by atoms with Gasteiger partial charge in [0, 0.05) is 9.49 Å². The molecule has 0 aromatic heterocycles. The van der Waals surface area contributed by atoms with E-state index in [9.17, 15) is 0 Å². The number of unbranched alkanes of at least 4 members (excludes halogenated alkanes) is 3. The van der Waals surface area contributed by atoms with E-state index in [2.05, 4.69) is 83.1 Å². The molecule has 3 unspecified atom stereocenters. The summed E-state index contributed by atoms with van der Waals surface area (Å²) in [4.78, 5) is 0. The van der Waals surface area contributed by atoms with Crippen LogP contribution >= 0.6 is 28.5 Å². The fourth-order valence-corrected chi connectivity index (χ4v) is 20.3. The second-order valence-electron chi connectivity index (χ2n) is 12.8. The Morgan fingerprint density at radius 3 is 1.07 bits per heavy atom. The van der Waals surface area contributed by atoms with Gasteiger partial charge in [0.25, 0.3) is 0 Å². The molecular weight excluding hydrogens is 560 g/mol.